The SMILES string of the molecule is O=C1CC(OC2CCC2)CNN1. The van der Waals surface area contributed by atoms with Crippen molar-refractivity contribution in [3.63, 3.8) is 0 Å². The fourth-order valence-electron chi connectivity index (χ4n) is 1.47. The van der Waals surface area contributed by atoms with Gasteiger partial charge in [-0.25, -0.2) is 5.43 Å². The molecule has 1 heterocycles. The Bertz CT molecular complexity index is 180. The van der Waals surface area contributed by atoms with Gasteiger partial charge in [-0.1, -0.05) is 0 Å². The highest BCUT2D eigenvalue weighted by atomic mass is 16.5. The summed E-state index contributed by atoms with van der Waals surface area (Å²) in [5, 5.41) is 0. The third-order valence-corrected chi connectivity index (χ3v) is 2.41. The van der Waals surface area contributed by atoms with Crippen molar-refractivity contribution in [2.24, 2.45) is 0 Å². The number of hydrazine groups is 1. The van der Waals surface area contributed by atoms with E-state index in [0.29, 0.717) is 12.5 Å². The first-order valence-electron chi connectivity index (χ1n) is 4.52. The Morgan fingerprint density at radius 1 is 1.33 bits per heavy atom. The summed E-state index contributed by atoms with van der Waals surface area (Å²) in [6.07, 6.45) is 4.61. The van der Waals surface area contributed by atoms with Gasteiger partial charge in [-0.3, -0.25) is 10.2 Å². The Balaban J connectivity index is 1.74. The maximum Gasteiger partial charge on any atom is 0.236 e. The van der Waals surface area contributed by atoms with Crippen LogP contribution in [0.5, 0.6) is 0 Å². The minimum atomic E-state index is 0.0329. The molecule has 2 N–H and O–H groups in total. The van der Waals surface area contributed by atoms with Crippen molar-refractivity contribution in [1.29, 1.82) is 0 Å². The number of hydrogen-bond acceptors (Lipinski definition) is 3. The van der Waals surface area contributed by atoms with E-state index in [9.17, 15) is 4.79 Å². The van der Waals surface area contributed by atoms with Gasteiger partial charge in [-0.2, -0.15) is 0 Å². The summed E-state index contributed by atoms with van der Waals surface area (Å²) in [4.78, 5) is 10.9. The predicted molar refractivity (Wildman–Crippen MR) is 43.3 cm³/mol. The van der Waals surface area contributed by atoms with Crippen LogP contribution in [0.15, 0.2) is 0 Å². The molecule has 0 spiro atoms. The molecule has 1 atom stereocenters. The zero-order chi connectivity index (χ0) is 8.39. The van der Waals surface area contributed by atoms with Gasteiger partial charge in [0.25, 0.3) is 0 Å². The highest BCUT2D eigenvalue weighted by Gasteiger charge is 2.25. The van der Waals surface area contributed by atoms with Crippen molar-refractivity contribution in [1.82, 2.24) is 10.9 Å². The largest absolute Gasteiger partial charge is 0.373 e. The molecule has 4 nitrogen and oxygen atoms in total. The number of carbonyl (C=O) groups is 1. The second kappa shape index (κ2) is 3.41. The van der Waals surface area contributed by atoms with Crippen molar-refractivity contribution in [2.75, 3.05) is 6.54 Å². The van der Waals surface area contributed by atoms with Gasteiger partial charge in [0.2, 0.25) is 5.91 Å². The standard InChI is InChI=1S/C8H14N2O2/c11-8-4-7(5-9-10-8)12-6-2-1-3-6/h6-7,9H,1-5H2,(H,10,11). The molecule has 1 aliphatic carbocycles. The highest BCUT2D eigenvalue weighted by Crippen LogP contribution is 2.24. The van der Waals surface area contributed by atoms with E-state index in [1.807, 2.05) is 0 Å². The van der Waals surface area contributed by atoms with Crippen LogP contribution in [0.4, 0.5) is 0 Å². The summed E-state index contributed by atoms with van der Waals surface area (Å²) < 4.78 is 5.67. The molecular formula is C8H14N2O2. The second-order valence-electron chi connectivity index (χ2n) is 3.44. The summed E-state index contributed by atoms with van der Waals surface area (Å²) in [6, 6.07) is 0. The van der Waals surface area contributed by atoms with Crippen LogP contribution in [0.1, 0.15) is 25.7 Å². The Kier molecular flexibility index (Phi) is 2.28. The van der Waals surface area contributed by atoms with E-state index in [4.69, 9.17) is 4.74 Å². The predicted octanol–water partition coefficient (Wildman–Crippen LogP) is -0.0514. The van der Waals surface area contributed by atoms with Crippen molar-refractivity contribution >= 4 is 5.91 Å². The molecule has 1 unspecified atom stereocenters. The number of carbonyl (C=O) groups excluding carboxylic acids is 1. The minimum Gasteiger partial charge on any atom is -0.373 e. The molecule has 1 saturated carbocycles. The van der Waals surface area contributed by atoms with Gasteiger partial charge in [0, 0.05) is 6.54 Å². The molecule has 4 heteroatoms. The molecule has 1 aliphatic heterocycles. The quantitative estimate of drug-likeness (QED) is 0.611. The molecule has 68 valence electrons. The third-order valence-electron chi connectivity index (χ3n) is 2.41. The molecule has 0 aromatic heterocycles. The summed E-state index contributed by atoms with van der Waals surface area (Å²) in [5.41, 5.74) is 5.37. The first-order valence-corrected chi connectivity index (χ1v) is 4.52. The minimum absolute atomic E-state index is 0.0329. The highest BCUT2D eigenvalue weighted by molar-refractivity contribution is 5.76. The first kappa shape index (κ1) is 8.01. The fraction of sp³-hybridized carbons (Fsp3) is 0.875. The zero-order valence-corrected chi connectivity index (χ0v) is 7.01. The molecule has 1 amide bonds. The molecule has 2 aliphatic rings. The van der Waals surface area contributed by atoms with Crippen LogP contribution in [-0.2, 0) is 9.53 Å². The van der Waals surface area contributed by atoms with Gasteiger partial charge in [-0.05, 0) is 19.3 Å². The van der Waals surface area contributed by atoms with E-state index in [-0.39, 0.29) is 12.0 Å². The van der Waals surface area contributed by atoms with E-state index in [1.165, 1.54) is 6.42 Å². The molecule has 0 aromatic rings. The van der Waals surface area contributed by atoms with Crippen LogP contribution in [0.2, 0.25) is 0 Å². The molecule has 12 heavy (non-hydrogen) atoms. The smallest absolute Gasteiger partial charge is 0.236 e. The fourth-order valence-corrected chi connectivity index (χ4v) is 1.47. The summed E-state index contributed by atoms with van der Waals surface area (Å²) in [5.74, 6) is 0.0329. The maximum atomic E-state index is 10.9. The lowest BCUT2D eigenvalue weighted by molar-refractivity contribution is -0.132. The zero-order valence-electron chi connectivity index (χ0n) is 7.01. The molecule has 2 rings (SSSR count). The molecule has 0 bridgehead atoms. The van der Waals surface area contributed by atoms with E-state index in [1.54, 1.807) is 0 Å². The van der Waals surface area contributed by atoms with Gasteiger partial charge < -0.3 is 4.74 Å². The van der Waals surface area contributed by atoms with Crippen molar-refractivity contribution < 1.29 is 9.53 Å². The number of rotatable bonds is 2. The van der Waals surface area contributed by atoms with E-state index < -0.39 is 0 Å². The van der Waals surface area contributed by atoms with Crippen LogP contribution in [0.3, 0.4) is 0 Å². The van der Waals surface area contributed by atoms with E-state index >= 15 is 0 Å². The summed E-state index contributed by atoms with van der Waals surface area (Å²) in [7, 11) is 0. The van der Waals surface area contributed by atoms with Crippen LogP contribution >= 0.6 is 0 Å². The van der Waals surface area contributed by atoms with Crippen molar-refractivity contribution in [2.45, 2.75) is 37.9 Å². The summed E-state index contributed by atoms with van der Waals surface area (Å²) >= 11 is 0. The Hall–Kier alpha value is -0.610. The van der Waals surface area contributed by atoms with Crippen molar-refractivity contribution in [3.05, 3.63) is 0 Å². The number of hydrogen-bond donors (Lipinski definition) is 2. The molecule has 2 fully saturated rings. The monoisotopic (exact) mass is 170 g/mol. The van der Waals surface area contributed by atoms with Crippen LogP contribution in [0, 0.1) is 0 Å². The van der Waals surface area contributed by atoms with Gasteiger partial charge in [0.1, 0.15) is 0 Å². The third kappa shape index (κ3) is 1.76. The van der Waals surface area contributed by atoms with Crippen LogP contribution in [0.25, 0.3) is 0 Å². The lowest BCUT2D eigenvalue weighted by atomic mass is 9.96. The second-order valence-corrected chi connectivity index (χ2v) is 3.44. The van der Waals surface area contributed by atoms with Crippen LogP contribution in [-0.4, -0.2) is 24.7 Å². The Labute approximate surface area is 71.6 Å². The van der Waals surface area contributed by atoms with Crippen LogP contribution < -0.4 is 10.9 Å². The normalized spacial score (nSPS) is 31.0. The Morgan fingerprint density at radius 2 is 2.17 bits per heavy atom. The molecular weight excluding hydrogens is 156 g/mol. The molecule has 1 saturated heterocycles. The topological polar surface area (TPSA) is 50.4 Å². The van der Waals surface area contributed by atoms with E-state index in [0.717, 1.165) is 19.4 Å². The lowest BCUT2D eigenvalue weighted by Gasteiger charge is -2.32. The average Bonchev–Trinajstić information content (AvgIpc) is 1.97. The number of amides is 1. The van der Waals surface area contributed by atoms with Gasteiger partial charge in [0.15, 0.2) is 0 Å². The lowest BCUT2D eigenvalue weighted by Crippen LogP contribution is -2.51. The molecule has 0 radical (unpaired) electrons. The average molecular weight is 170 g/mol. The van der Waals surface area contributed by atoms with Gasteiger partial charge in [-0.15, -0.1) is 0 Å². The molecule has 0 aromatic carbocycles. The Morgan fingerprint density at radius 3 is 2.75 bits per heavy atom. The summed E-state index contributed by atoms with van der Waals surface area (Å²) in [6.45, 7) is 0.738. The number of ether oxygens (including phenoxy) is 1. The van der Waals surface area contributed by atoms with Gasteiger partial charge >= 0.3 is 0 Å². The first-order chi connectivity index (χ1) is 5.84. The maximum absolute atomic E-state index is 10.9. The van der Waals surface area contributed by atoms with Crippen molar-refractivity contribution in [3.8, 4) is 0 Å². The van der Waals surface area contributed by atoms with Gasteiger partial charge in [0.05, 0.1) is 18.6 Å². The van der Waals surface area contributed by atoms with E-state index in [2.05, 4.69) is 10.9 Å². The number of nitrogens with one attached hydrogen (secondary N) is 2.